The maximum Gasteiger partial charge on any atom is 0.436 e. The minimum atomic E-state index is -9.52. The monoisotopic (exact) mass is 305 g/mol. The predicted octanol–water partition coefficient (Wildman–Crippen LogP) is 3.99. The van der Waals surface area contributed by atoms with Gasteiger partial charge in [-0.05, 0) is 6.42 Å². The zero-order chi connectivity index (χ0) is 14.3. The second kappa shape index (κ2) is 3.48. The first kappa shape index (κ1) is 15.0. The molecule has 0 atom stereocenters. The molecule has 0 aliphatic rings. The van der Waals surface area contributed by atoms with Crippen molar-refractivity contribution >= 4 is 10.2 Å². The number of hydrogen-bond acceptors (Lipinski definition) is 2. The molecule has 0 radical (unpaired) electrons. The van der Waals surface area contributed by atoms with Crippen LogP contribution in [0.25, 0.3) is 0 Å². The molecule has 0 aliphatic heterocycles. The van der Waals surface area contributed by atoms with Gasteiger partial charge in [0.15, 0.2) is 5.69 Å². The lowest BCUT2D eigenvalue weighted by Crippen LogP contribution is -2.13. The molecule has 0 spiro atoms. The quantitative estimate of drug-likeness (QED) is 0.788. The third-order valence-corrected chi connectivity index (χ3v) is 2.81. The van der Waals surface area contributed by atoms with Crippen LogP contribution >= 0.6 is 10.2 Å². The molecule has 0 saturated heterocycles. The molecule has 0 aliphatic carbocycles. The van der Waals surface area contributed by atoms with Gasteiger partial charge in [-0.1, -0.05) is 24.6 Å². The summed E-state index contributed by atoms with van der Waals surface area (Å²) in [5.41, 5.74) is -1.39. The molecule has 0 N–H and O–H groups in total. The maximum absolute atomic E-state index is 12.0. The van der Waals surface area contributed by atoms with Gasteiger partial charge in [-0.2, -0.15) is 13.2 Å². The predicted molar refractivity (Wildman–Crippen MR) is 47.6 cm³/mol. The minimum Gasteiger partial charge on any atom is -0.252 e. The van der Waals surface area contributed by atoms with Crippen molar-refractivity contribution in [2.45, 2.75) is 19.1 Å². The molecule has 1 heterocycles. The van der Waals surface area contributed by atoms with Crippen molar-refractivity contribution in [3.8, 4) is 0 Å². The van der Waals surface area contributed by atoms with E-state index in [2.05, 4.69) is 10.3 Å². The summed E-state index contributed by atoms with van der Waals surface area (Å²) in [5.74, 6) is -2.35. The van der Waals surface area contributed by atoms with E-state index >= 15 is 0 Å². The Morgan fingerprint density at radius 3 is 2.06 bits per heavy atom. The van der Waals surface area contributed by atoms with Gasteiger partial charge >= 0.3 is 6.18 Å². The molecule has 0 saturated carbocycles. The van der Waals surface area contributed by atoms with Gasteiger partial charge < -0.3 is 0 Å². The Bertz CT molecular complexity index is 431. The lowest BCUT2D eigenvalue weighted by Gasteiger charge is -2.40. The highest BCUT2D eigenvalue weighted by atomic mass is 32.5. The summed E-state index contributed by atoms with van der Waals surface area (Å²) in [6.45, 7) is -0.728. The summed E-state index contributed by atoms with van der Waals surface area (Å²) >= 11 is 0. The van der Waals surface area contributed by atoms with E-state index in [4.69, 9.17) is 0 Å². The van der Waals surface area contributed by atoms with E-state index in [0.717, 1.165) is 0 Å². The Morgan fingerprint density at radius 2 is 1.67 bits per heavy atom. The van der Waals surface area contributed by atoms with Gasteiger partial charge in [-0.3, -0.25) is 4.68 Å². The van der Waals surface area contributed by atoms with Crippen molar-refractivity contribution in [2.24, 2.45) is 0 Å². The van der Waals surface area contributed by atoms with Crippen LogP contribution < -0.4 is 0 Å². The molecular formula is C6H7F8N3S. The van der Waals surface area contributed by atoms with Crippen LogP contribution in [0.3, 0.4) is 0 Å². The second-order valence-electron chi connectivity index (χ2n) is 3.55. The molecule has 108 valence electrons. The molecule has 1 aromatic rings. The number of aromatic nitrogens is 3. The van der Waals surface area contributed by atoms with Crippen molar-refractivity contribution in [1.82, 2.24) is 15.0 Å². The first-order valence-electron chi connectivity index (χ1n) is 4.36. The van der Waals surface area contributed by atoms with Crippen molar-refractivity contribution in [2.75, 3.05) is 5.75 Å². The molecule has 0 aromatic carbocycles. The average Bonchev–Trinajstić information content (AvgIpc) is 2.46. The number of nitrogens with zero attached hydrogens (tertiary/aromatic N) is 3. The summed E-state index contributed by atoms with van der Waals surface area (Å²) < 4.78 is 95.9. The highest BCUT2D eigenvalue weighted by Gasteiger charge is 2.62. The summed E-state index contributed by atoms with van der Waals surface area (Å²) in [5, 5.41) is 5.56. The number of rotatable bonds is 4. The molecule has 1 aromatic heterocycles. The van der Waals surface area contributed by atoms with Crippen LogP contribution in [-0.4, -0.2) is 20.7 Å². The van der Waals surface area contributed by atoms with Gasteiger partial charge in [-0.25, -0.2) is 0 Å². The van der Waals surface area contributed by atoms with Crippen LogP contribution in [0.15, 0.2) is 6.20 Å². The highest BCUT2D eigenvalue weighted by molar-refractivity contribution is 8.45. The van der Waals surface area contributed by atoms with Crippen LogP contribution in [-0.2, 0) is 12.7 Å². The largest absolute Gasteiger partial charge is 0.436 e. The summed E-state index contributed by atoms with van der Waals surface area (Å²) in [7, 11) is -9.52. The number of hydrogen-bond donors (Lipinski definition) is 0. The fourth-order valence-corrected chi connectivity index (χ4v) is 1.71. The summed E-state index contributed by atoms with van der Waals surface area (Å²) in [4.78, 5) is 0. The van der Waals surface area contributed by atoms with E-state index in [1.54, 1.807) is 0 Å². The highest BCUT2D eigenvalue weighted by Crippen LogP contribution is 2.97. The lowest BCUT2D eigenvalue weighted by atomic mass is 10.4. The smallest absolute Gasteiger partial charge is 0.252 e. The molecule has 18 heavy (non-hydrogen) atoms. The van der Waals surface area contributed by atoms with Gasteiger partial charge in [0.1, 0.15) is 0 Å². The number of aryl methyl sites for hydroxylation is 1. The summed E-state index contributed by atoms with van der Waals surface area (Å²) in [6.07, 6.45) is -5.50. The van der Waals surface area contributed by atoms with Crippen LogP contribution in [0.5, 0.6) is 0 Å². The fraction of sp³-hybridized carbons (Fsp3) is 0.667. The first-order valence-corrected chi connectivity index (χ1v) is 6.48. The SMILES string of the molecule is FC(F)(F)c1cn(CCCS(F)(F)(F)(F)F)nn1. The number of halogens is 8. The van der Waals surface area contributed by atoms with Crippen molar-refractivity contribution in [3.05, 3.63) is 11.9 Å². The van der Waals surface area contributed by atoms with Crippen molar-refractivity contribution in [3.63, 3.8) is 0 Å². The van der Waals surface area contributed by atoms with Gasteiger partial charge in [0.25, 0.3) is 10.2 Å². The molecule has 0 amide bonds. The lowest BCUT2D eigenvalue weighted by molar-refractivity contribution is -0.141. The Kier molecular flexibility index (Phi) is 2.90. The molecule has 0 unspecified atom stereocenters. The Balaban J connectivity index is 2.59. The number of alkyl halides is 3. The third-order valence-electron chi connectivity index (χ3n) is 1.75. The van der Waals surface area contributed by atoms with E-state index in [9.17, 15) is 32.6 Å². The third kappa shape index (κ3) is 5.51. The van der Waals surface area contributed by atoms with Gasteiger partial charge in [-0.15, -0.1) is 5.10 Å². The Labute approximate surface area is 95.5 Å². The van der Waals surface area contributed by atoms with E-state index in [1.807, 2.05) is 0 Å². The molecule has 3 nitrogen and oxygen atoms in total. The summed E-state index contributed by atoms with van der Waals surface area (Å²) in [6, 6.07) is 0. The zero-order valence-corrected chi connectivity index (χ0v) is 9.29. The van der Waals surface area contributed by atoms with Gasteiger partial charge in [0, 0.05) is 6.54 Å². The normalized spacial score (nSPS) is 17.3. The molecular weight excluding hydrogens is 298 g/mol. The maximum atomic E-state index is 12.0. The van der Waals surface area contributed by atoms with Crippen LogP contribution in [0.2, 0.25) is 0 Å². The fourth-order valence-electron chi connectivity index (χ4n) is 1.04. The van der Waals surface area contributed by atoms with E-state index < -0.39 is 40.8 Å². The van der Waals surface area contributed by atoms with Crippen LogP contribution in [0, 0.1) is 0 Å². The molecule has 12 heteroatoms. The second-order valence-corrected chi connectivity index (χ2v) is 6.22. The van der Waals surface area contributed by atoms with Gasteiger partial charge in [0.2, 0.25) is 0 Å². The average molecular weight is 305 g/mol. The Hall–Kier alpha value is -1.07. The topological polar surface area (TPSA) is 30.7 Å². The van der Waals surface area contributed by atoms with Crippen molar-refractivity contribution < 1.29 is 32.6 Å². The molecule has 1 rings (SSSR count). The zero-order valence-electron chi connectivity index (χ0n) is 8.47. The molecule has 0 bridgehead atoms. The Morgan fingerprint density at radius 1 is 1.11 bits per heavy atom. The van der Waals surface area contributed by atoms with E-state index in [-0.39, 0.29) is 0 Å². The molecule has 0 fully saturated rings. The van der Waals surface area contributed by atoms with Gasteiger partial charge in [0.05, 0.1) is 11.9 Å². The first-order chi connectivity index (χ1) is 7.66. The van der Waals surface area contributed by atoms with Crippen molar-refractivity contribution in [1.29, 1.82) is 0 Å². The van der Waals surface area contributed by atoms with E-state index in [0.29, 0.717) is 10.9 Å². The minimum absolute atomic E-state index is 0.353. The standard InChI is InChI=1S/C6H7F8N3S/c7-6(8,9)5-4-17(16-15-5)2-1-3-18(10,11,12,13)14/h4H,1-3H2. The van der Waals surface area contributed by atoms with Crippen LogP contribution in [0.1, 0.15) is 12.1 Å². The van der Waals surface area contributed by atoms with Crippen LogP contribution in [0.4, 0.5) is 32.6 Å². The van der Waals surface area contributed by atoms with E-state index in [1.165, 1.54) is 0 Å².